The van der Waals surface area contributed by atoms with Crippen molar-refractivity contribution in [3.63, 3.8) is 0 Å². The zero-order valence-electron chi connectivity index (χ0n) is 6.37. The van der Waals surface area contributed by atoms with Gasteiger partial charge in [-0.3, -0.25) is 4.79 Å². The summed E-state index contributed by atoms with van der Waals surface area (Å²) in [6.45, 7) is 2.75. The van der Waals surface area contributed by atoms with Crippen molar-refractivity contribution in [2.24, 2.45) is 0 Å². The van der Waals surface area contributed by atoms with Crippen molar-refractivity contribution in [1.82, 2.24) is 0 Å². The number of hydrogen-bond acceptors (Lipinski definition) is 1. The minimum absolute atomic E-state index is 0.156. The van der Waals surface area contributed by atoms with Crippen molar-refractivity contribution in [3.8, 4) is 0 Å². The van der Waals surface area contributed by atoms with E-state index in [0.29, 0.717) is 0 Å². The van der Waals surface area contributed by atoms with E-state index in [-0.39, 0.29) is 5.91 Å². The molecule has 56 valence electrons. The minimum Gasteiger partial charge on any atom is -0.308 e. The molecule has 1 aromatic carbocycles. The third-order valence-electron chi connectivity index (χ3n) is 1.99. The van der Waals surface area contributed by atoms with Gasteiger partial charge in [0, 0.05) is 6.54 Å². The summed E-state index contributed by atoms with van der Waals surface area (Å²) in [7, 11) is 0. The highest BCUT2D eigenvalue weighted by Crippen LogP contribution is 2.31. The first kappa shape index (κ1) is 6.40. The van der Waals surface area contributed by atoms with Crippen LogP contribution in [-0.4, -0.2) is 12.5 Å². The Morgan fingerprint density at radius 3 is 2.82 bits per heavy atom. The van der Waals surface area contributed by atoms with Gasteiger partial charge in [-0.25, -0.2) is 0 Å². The summed E-state index contributed by atoms with van der Waals surface area (Å²) in [5.74, 6) is 0.156. The van der Waals surface area contributed by atoms with E-state index in [2.05, 4.69) is 0 Å². The smallest absolute Gasteiger partial charge is 0.260 e. The molecule has 1 aromatic rings. The first-order valence-corrected chi connectivity index (χ1v) is 3.75. The summed E-state index contributed by atoms with van der Waals surface area (Å²) < 4.78 is 0. The second kappa shape index (κ2) is 2.09. The largest absolute Gasteiger partial charge is 0.308 e. The predicted octanol–water partition coefficient (Wildman–Crippen LogP) is 1.67. The molecule has 1 aliphatic rings. The van der Waals surface area contributed by atoms with E-state index in [1.54, 1.807) is 4.90 Å². The maximum absolute atomic E-state index is 11.2. The number of hydrogen-bond donors (Lipinski definition) is 0. The van der Waals surface area contributed by atoms with Crippen LogP contribution in [0.3, 0.4) is 0 Å². The maximum Gasteiger partial charge on any atom is 0.260 e. The molecule has 2 rings (SSSR count). The molecule has 2 heteroatoms. The van der Waals surface area contributed by atoms with E-state index < -0.39 is 0 Å². The van der Waals surface area contributed by atoms with Gasteiger partial charge >= 0.3 is 0 Å². The monoisotopic (exact) mass is 147 g/mol. The number of amides is 1. The van der Waals surface area contributed by atoms with E-state index in [4.69, 9.17) is 0 Å². The summed E-state index contributed by atoms with van der Waals surface area (Å²) in [5, 5.41) is 0. The lowest BCUT2D eigenvalue weighted by Crippen LogP contribution is -2.40. The normalized spacial score (nSPS) is 14.3. The van der Waals surface area contributed by atoms with Crippen LogP contribution in [-0.2, 0) is 0 Å². The third-order valence-corrected chi connectivity index (χ3v) is 1.99. The van der Waals surface area contributed by atoms with Crippen LogP contribution in [0.5, 0.6) is 0 Å². The molecule has 1 heterocycles. The second-order valence-electron chi connectivity index (χ2n) is 2.57. The van der Waals surface area contributed by atoms with Gasteiger partial charge < -0.3 is 4.90 Å². The Morgan fingerprint density at radius 1 is 1.36 bits per heavy atom. The van der Waals surface area contributed by atoms with Crippen LogP contribution in [0.4, 0.5) is 5.69 Å². The molecule has 0 bridgehead atoms. The van der Waals surface area contributed by atoms with Crippen LogP contribution < -0.4 is 4.90 Å². The molecule has 1 aliphatic heterocycles. The Kier molecular flexibility index (Phi) is 1.22. The highest BCUT2D eigenvalue weighted by Gasteiger charge is 2.30. The number of fused-ring (bicyclic) bond motifs is 1. The maximum atomic E-state index is 11.2. The number of carbonyl (C=O) groups is 1. The van der Waals surface area contributed by atoms with Gasteiger partial charge in [0.1, 0.15) is 0 Å². The fraction of sp³-hybridized carbons (Fsp3) is 0.222. The van der Waals surface area contributed by atoms with Crippen molar-refractivity contribution < 1.29 is 4.79 Å². The molecule has 0 unspecified atom stereocenters. The first-order valence-electron chi connectivity index (χ1n) is 3.75. The molecule has 0 saturated heterocycles. The van der Waals surface area contributed by atoms with Crippen molar-refractivity contribution in [2.45, 2.75) is 6.92 Å². The van der Waals surface area contributed by atoms with Crippen LogP contribution in [0.1, 0.15) is 17.3 Å². The predicted molar refractivity (Wildman–Crippen MR) is 43.8 cm³/mol. The molecular weight excluding hydrogens is 138 g/mol. The van der Waals surface area contributed by atoms with Crippen LogP contribution in [0.25, 0.3) is 0 Å². The third kappa shape index (κ3) is 0.693. The highest BCUT2D eigenvalue weighted by atomic mass is 16.2. The summed E-state index contributed by atoms with van der Waals surface area (Å²) in [6, 6.07) is 7.68. The van der Waals surface area contributed by atoms with Gasteiger partial charge in [-0.2, -0.15) is 0 Å². The van der Waals surface area contributed by atoms with Gasteiger partial charge in [-0.15, -0.1) is 0 Å². The van der Waals surface area contributed by atoms with Crippen molar-refractivity contribution in [1.29, 1.82) is 0 Å². The van der Waals surface area contributed by atoms with Crippen LogP contribution >= 0.6 is 0 Å². The lowest BCUT2D eigenvalue weighted by atomic mass is 10.0. The number of benzene rings is 1. The lowest BCUT2D eigenvalue weighted by Gasteiger charge is -2.32. The van der Waals surface area contributed by atoms with Crippen molar-refractivity contribution in [2.75, 3.05) is 11.4 Å². The van der Waals surface area contributed by atoms with Crippen LogP contribution in [0, 0.1) is 0 Å². The Labute approximate surface area is 65.4 Å². The molecule has 0 fully saturated rings. The average molecular weight is 147 g/mol. The Hall–Kier alpha value is -1.31. The minimum atomic E-state index is 0.156. The molecule has 2 nitrogen and oxygen atoms in total. The Bertz CT molecular complexity index is 306. The van der Waals surface area contributed by atoms with E-state index in [0.717, 1.165) is 17.8 Å². The topological polar surface area (TPSA) is 20.3 Å². The zero-order valence-corrected chi connectivity index (χ0v) is 6.37. The number of para-hydroxylation sites is 1. The fourth-order valence-corrected chi connectivity index (χ4v) is 1.41. The second-order valence-corrected chi connectivity index (χ2v) is 2.57. The van der Waals surface area contributed by atoms with Gasteiger partial charge in [0.25, 0.3) is 5.91 Å². The zero-order chi connectivity index (χ0) is 7.84. The van der Waals surface area contributed by atoms with Gasteiger partial charge in [-0.1, -0.05) is 12.1 Å². The van der Waals surface area contributed by atoms with Crippen LogP contribution in [0.2, 0.25) is 0 Å². The lowest BCUT2D eigenvalue weighted by molar-refractivity contribution is 0.0968. The average Bonchev–Trinajstić information content (AvgIpc) is 2.05. The quantitative estimate of drug-likeness (QED) is 0.591. The Morgan fingerprint density at radius 2 is 2.09 bits per heavy atom. The van der Waals surface area contributed by atoms with Gasteiger partial charge in [0.05, 0.1) is 11.3 Å². The molecule has 0 radical (unpaired) electrons. The molecule has 0 N–H and O–H groups in total. The Balaban J connectivity index is 2.47. The molecule has 0 aromatic heterocycles. The molecular formula is C9H9NO. The summed E-state index contributed by atoms with van der Waals surface area (Å²) in [4.78, 5) is 13.0. The molecule has 0 aliphatic carbocycles. The standard InChI is InChI=1S/C9H9NO/c1-2-10-8-6-4-3-5-7(8)9(10)11/h3-6H,2H2,1H3. The fourth-order valence-electron chi connectivity index (χ4n) is 1.41. The summed E-state index contributed by atoms with van der Waals surface area (Å²) in [6.07, 6.45) is 0. The van der Waals surface area contributed by atoms with E-state index >= 15 is 0 Å². The molecule has 0 spiro atoms. The van der Waals surface area contributed by atoms with Crippen LogP contribution in [0.15, 0.2) is 24.3 Å². The van der Waals surface area contributed by atoms with Gasteiger partial charge in [-0.05, 0) is 19.1 Å². The SMILES string of the molecule is CCN1C(=O)c2ccccc21. The molecule has 0 saturated carbocycles. The van der Waals surface area contributed by atoms with Gasteiger partial charge in [0.2, 0.25) is 0 Å². The highest BCUT2D eigenvalue weighted by molar-refractivity contribution is 6.19. The molecule has 0 atom stereocenters. The number of nitrogens with zero attached hydrogens (tertiary/aromatic N) is 1. The summed E-state index contributed by atoms with van der Waals surface area (Å²) in [5.41, 5.74) is 1.93. The van der Waals surface area contributed by atoms with Crippen molar-refractivity contribution >= 4 is 11.6 Å². The van der Waals surface area contributed by atoms with E-state index in [9.17, 15) is 4.79 Å². The number of rotatable bonds is 1. The molecule has 11 heavy (non-hydrogen) atoms. The number of anilines is 1. The number of carbonyl (C=O) groups excluding carboxylic acids is 1. The summed E-state index contributed by atoms with van der Waals surface area (Å²) >= 11 is 0. The van der Waals surface area contributed by atoms with Gasteiger partial charge in [0.15, 0.2) is 0 Å². The van der Waals surface area contributed by atoms with E-state index in [1.165, 1.54) is 0 Å². The van der Waals surface area contributed by atoms with Crippen molar-refractivity contribution in [3.05, 3.63) is 29.8 Å². The van der Waals surface area contributed by atoms with E-state index in [1.807, 2.05) is 31.2 Å². The first-order chi connectivity index (χ1) is 5.34. The molecule has 1 amide bonds.